The zero-order valence-corrected chi connectivity index (χ0v) is 12.7. The van der Waals surface area contributed by atoms with Crippen molar-refractivity contribution in [1.29, 1.82) is 0 Å². The number of hydrogen-bond acceptors (Lipinski definition) is 7. The maximum atomic E-state index is 11.0. The normalized spacial score (nSPS) is 11.0. The van der Waals surface area contributed by atoms with Crippen LogP contribution in [0.3, 0.4) is 0 Å². The summed E-state index contributed by atoms with van der Waals surface area (Å²) in [7, 11) is 3.23. The Balaban J connectivity index is 1.91. The lowest BCUT2D eigenvalue weighted by molar-refractivity contribution is -0.140. The van der Waals surface area contributed by atoms with E-state index in [9.17, 15) is 4.79 Å². The van der Waals surface area contributed by atoms with Crippen molar-refractivity contribution in [3.63, 3.8) is 0 Å². The summed E-state index contributed by atoms with van der Waals surface area (Å²) in [6.45, 7) is 1.00. The first-order chi connectivity index (χ1) is 9.58. The average molecular weight is 344 g/mol. The van der Waals surface area contributed by atoms with Crippen LogP contribution < -0.4 is 0 Å². The van der Waals surface area contributed by atoms with Gasteiger partial charge in [-0.3, -0.25) is 9.69 Å². The highest BCUT2D eigenvalue weighted by atomic mass is 79.9. The fourth-order valence-electron chi connectivity index (χ4n) is 1.54. The van der Waals surface area contributed by atoms with Crippen LogP contribution in [0, 0.1) is 0 Å². The summed E-state index contributed by atoms with van der Waals surface area (Å²) in [5.41, 5.74) is 0. The molecule has 2 rings (SSSR count). The van der Waals surface area contributed by atoms with E-state index in [4.69, 9.17) is 8.83 Å². The number of carbonyl (C=O) groups is 1. The number of carbonyl (C=O) groups excluding carboxylic acids is 1. The van der Waals surface area contributed by atoms with Gasteiger partial charge < -0.3 is 13.6 Å². The molecule has 0 amide bonds. The fourth-order valence-corrected chi connectivity index (χ4v) is 1.85. The highest BCUT2D eigenvalue weighted by molar-refractivity contribution is 9.10. The number of hydrogen-bond donors (Lipinski definition) is 0. The largest absolute Gasteiger partial charge is 0.469 e. The summed E-state index contributed by atoms with van der Waals surface area (Å²) >= 11 is 3.21. The Morgan fingerprint density at radius 1 is 1.40 bits per heavy atom. The molecule has 0 saturated heterocycles. The van der Waals surface area contributed by atoms with Gasteiger partial charge in [0.2, 0.25) is 5.89 Å². The maximum absolute atomic E-state index is 11.0. The third-order valence-electron chi connectivity index (χ3n) is 2.58. The lowest BCUT2D eigenvalue weighted by Crippen LogP contribution is -2.22. The van der Waals surface area contributed by atoms with Gasteiger partial charge in [-0.25, -0.2) is 0 Å². The summed E-state index contributed by atoms with van der Waals surface area (Å²) < 4.78 is 16.0. The molecule has 0 fully saturated rings. The second kappa shape index (κ2) is 6.67. The van der Waals surface area contributed by atoms with Gasteiger partial charge in [0.15, 0.2) is 10.4 Å². The maximum Gasteiger partial charge on any atom is 0.306 e. The molecule has 2 aromatic rings. The van der Waals surface area contributed by atoms with Gasteiger partial charge in [-0.05, 0) is 35.1 Å². The molecule has 0 atom stereocenters. The predicted octanol–water partition coefficient (Wildman–Crippen LogP) is 2.09. The molecule has 0 aliphatic carbocycles. The van der Waals surface area contributed by atoms with Crippen molar-refractivity contribution < 1.29 is 18.4 Å². The van der Waals surface area contributed by atoms with Gasteiger partial charge in [-0.1, -0.05) is 0 Å². The minimum absolute atomic E-state index is 0.247. The molecule has 0 unspecified atom stereocenters. The van der Waals surface area contributed by atoms with Gasteiger partial charge in [0.05, 0.1) is 20.1 Å². The van der Waals surface area contributed by atoms with Crippen LogP contribution in [0.15, 0.2) is 25.6 Å². The molecule has 0 aliphatic heterocycles. The molecule has 0 radical (unpaired) electrons. The number of esters is 1. The Hall–Kier alpha value is -1.67. The molecule has 7 nitrogen and oxygen atoms in total. The molecular formula is C12H14BrN3O4. The number of aromatic nitrogens is 2. The van der Waals surface area contributed by atoms with Crippen LogP contribution in [0.5, 0.6) is 0 Å². The minimum Gasteiger partial charge on any atom is -0.469 e. The Morgan fingerprint density at radius 3 is 2.85 bits per heavy atom. The van der Waals surface area contributed by atoms with Gasteiger partial charge >= 0.3 is 5.97 Å². The summed E-state index contributed by atoms with van der Waals surface area (Å²) in [6, 6.07) is 3.49. The number of rotatable bonds is 6. The first kappa shape index (κ1) is 14.7. The Kier molecular flexibility index (Phi) is 4.91. The van der Waals surface area contributed by atoms with Crippen molar-refractivity contribution in [3.05, 3.63) is 22.7 Å². The fraction of sp³-hybridized carbons (Fsp3) is 0.417. The number of methoxy groups -OCH3 is 1. The van der Waals surface area contributed by atoms with E-state index < -0.39 is 0 Å². The standard InChI is InChI=1S/C12H14BrN3O4/c1-16(6-5-11(17)18-2)7-10-14-15-12(20-10)8-3-4-9(13)19-8/h3-4H,5-7H2,1-2H3. The molecule has 0 aliphatic rings. The lowest BCUT2D eigenvalue weighted by atomic mass is 10.4. The molecule has 0 bridgehead atoms. The van der Waals surface area contributed by atoms with E-state index in [1.807, 2.05) is 11.9 Å². The number of furan rings is 1. The first-order valence-electron chi connectivity index (χ1n) is 5.92. The van der Waals surface area contributed by atoms with Gasteiger partial charge in [0.1, 0.15) is 0 Å². The van der Waals surface area contributed by atoms with Crippen molar-refractivity contribution in [2.45, 2.75) is 13.0 Å². The molecule has 108 valence electrons. The van der Waals surface area contributed by atoms with E-state index in [2.05, 4.69) is 30.9 Å². The summed E-state index contributed by atoms with van der Waals surface area (Å²) in [5.74, 6) is 1.04. The van der Waals surface area contributed by atoms with Gasteiger partial charge in [-0.2, -0.15) is 0 Å². The van der Waals surface area contributed by atoms with Crippen molar-refractivity contribution >= 4 is 21.9 Å². The van der Waals surface area contributed by atoms with Crippen LogP contribution in [0.2, 0.25) is 0 Å². The van der Waals surface area contributed by atoms with Crippen LogP contribution >= 0.6 is 15.9 Å². The third-order valence-corrected chi connectivity index (χ3v) is 3.01. The average Bonchev–Trinajstić information content (AvgIpc) is 3.05. The van der Waals surface area contributed by atoms with Crippen molar-refractivity contribution in [2.24, 2.45) is 0 Å². The molecule has 8 heteroatoms. The third kappa shape index (κ3) is 3.91. The molecule has 0 N–H and O–H groups in total. The monoisotopic (exact) mass is 343 g/mol. The highest BCUT2D eigenvalue weighted by Gasteiger charge is 2.14. The Morgan fingerprint density at radius 2 is 2.20 bits per heavy atom. The smallest absolute Gasteiger partial charge is 0.306 e. The van der Waals surface area contributed by atoms with Crippen molar-refractivity contribution in [1.82, 2.24) is 15.1 Å². The SMILES string of the molecule is COC(=O)CCN(C)Cc1nnc(-c2ccc(Br)o2)o1. The van der Waals surface area contributed by atoms with E-state index in [1.165, 1.54) is 7.11 Å². The Bertz CT molecular complexity index is 581. The van der Waals surface area contributed by atoms with Crippen molar-refractivity contribution in [2.75, 3.05) is 20.7 Å². The Labute approximate surface area is 124 Å². The van der Waals surface area contributed by atoms with E-state index in [-0.39, 0.29) is 5.97 Å². The van der Waals surface area contributed by atoms with Crippen molar-refractivity contribution in [3.8, 4) is 11.7 Å². The summed E-state index contributed by atoms with van der Waals surface area (Å²) in [6.07, 6.45) is 0.319. The van der Waals surface area contributed by atoms with Gasteiger partial charge in [0.25, 0.3) is 5.89 Å². The minimum atomic E-state index is -0.247. The van der Waals surface area contributed by atoms with E-state index >= 15 is 0 Å². The molecular weight excluding hydrogens is 330 g/mol. The molecule has 0 spiro atoms. The summed E-state index contributed by atoms with van der Waals surface area (Å²) in [5, 5.41) is 7.85. The van der Waals surface area contributed by atoms with E-state index in [0.29, 0.717) is 41.7 Å². The quantitative estimate of drug-likeness (QED) is 0.742. The molecule has 2 heterocycles. The number of ether oxygens (including phenoxy) is 1. The van der Waals surface area contributed by atoms with Crippen LogP contribution in [0.1, 0.15) is 12.3 Å². The number of halogens is 1. The molecule has 0 saturated carbocycles. The first-order valence-corrected chi connectivity index (χ1v) is 6.71. The van der Waals surface area contributed by atoms with Crippen LogP contribution in [-0.2, 0) is 16.1 Å². The number of nitrogens with zero attached hydrogens (tertiary/aromatic N) is 3. The van der Waals surface area contributed by atoms with Crippen LogP contribution in [0.4, 0.5) is 0 Å². The van der Waals surface area contributed by atoms with Crippen LogP contribution in [0.25, 0.3) is 11.7 Å². The zero-order chi connectivity index (χ0) is 14.5. The molecule has 0 aromatic carbocycles. The van der Waals surface area contributed by atoms with Crippen LogP contribution in [-0.4, -0.2) is 41.8 Å². The van der Waals surface area contributed by atoms with Gasteiger partial charge in [-0.15, -0.1) is 10.2 Å². The highest BCUT2D eigenvalue weighted by Crippen LogP contribution is 2.23. The molecule has 2 aromatic heterocycles. The van der Waals surface area contributed by atoms with E-state index in [0.717, 1.165) is 0 Å². The lowest BCUT2D eigenvalue weighted by Gasteiger charge is -2.12. The zero-order valence-electron chi connectivity index (χ0n) is 11.1. The second-order valence-corrected chi connectivity index (χ2v) is 4.95. The summed E-state index contributed by atoms with van der Waals surface area (Å²) in [4.78, 5) is 12.9. The topological polar surface area (TPSA) is 81.6 Å². The second-order valence-electron chi connectivity index (χ2n) is 4.17. The predicted molar refractivity (Wildman–Crippen MR) is 72.7 cm³/mol. The van der Waals surface area contributed by atoms with Gasteiger partial charge in [0, 0.05) is 6.54 Å². The molecule has 20 heavy (non-hydrogen) atoms. The van der Waals surface area contributed by atoms with E-state index in [1.54, 1.807) is 12.1 Å².